The monoisotopic (exact) mass is 434 g/mol. The van der Waals surface area contributed by atoms with E-state index in [0.29, 0.717) is 11.9 Å². The predicted molar refractivity (Wildman–Crippen MR) is 123 cm³/mol. The Hall–Kier alpha value is -3.68. The lowest BCUT2D eigenvalue weighted by Crippen LogP contribution is -2.45. The summed E-state index contributed by atoms with van der Waals surface area (Å²) in [5.41, 5.74) is 2.08. The van der Waals surface area contributed by atoms with Crippen molar-refractivity contribution in [3.05, 3.63) is 74.8 Å². The number of carboxylic acids is 1. The summed E-state index contributed by atoms with van der Waals surface area (Å²) in [5.74, 6) is -1.19. The summed E-state index contributed by atoms with van der Waals surface area (Å²) in [6.07, 6.45) is 6.34. The van der Waals surface area contributed by atoms with Crippen LogP contribution >= 0.6 is 0 Å². The highest BCUT2D eigenvalue weighted by atomic mass is 16.4. The molecule has 2 atom stereocenters. The van der Waals surface area contributed by atoms with Crippen molar-refractivity contribution in [3.63, 3.8) is 0 Å². The first-order valence-corrected chi connectivity index (χ1v) is 10.8. The number of aromatic nitrogens is 4. The van der Waals surface area contributed by atoms with E-state index in [9.17, 15) is 19.5 Å². The molecule has 0 aliphatic carbocycles. The summed E-state index contributed by atoms with van der Waals surface area (Å²) in [7, 11) is 0. The molecule has 1 aromatic carbocycles. The number of fused-ring (bicyclic) bond motifs is 2. The van der Waals surface area contributed by atoms with Crippen LogP contribution in [0.2, 0.25) is 0 Å². The molecule has 0 saturated carbocycles. The van der Waals surface area contributed by atoms with E-state index in [1.165, 1.54) is 17.0 Å². The maximum Gasteiger partial charge on any atom is 0.332 e. The van der Waals surface area contributed by atoms with Crippen molar-refractivity contribution >= 4 is 27.8 Å². The normalized spacial score (nSPS) is 13.5. The molecular formula is C24H26N4O4. The van der Waals surface area contributed by atoms with Crippen LogP contribution in [0.25, 0.3) is 21.8 Å². The fourth-order valence-corrected chi connectivity index (χ4v) is 4.47. The zero-order valence-corrected chi connectivity index (χ0v) is 18.3. The van der Waals surface area contributed by atoms with Gasteiger partial charge in [-0.25, -0.2) is 14.2 Å². The molecule has 8 nitrogen and oxygen atoms in total. The molecule has 0 bridgehead atoms. The van der Waals surface area contributed by atoms with E-state index in [4.69, 9.17) is 0 Å². The number of H-pyrrole nitrogens is 1. The maximum atomic E-state index is 13.7. The summed E-state index contributed by atoms with van der Waals surface area (Å²) >= 11 is 0. The molecule has 2 N–H and O–H groups in total. The minimum atomic E-state index is -1.23. The molecule has 4 rings (SSSR count). The molecule has 0 fully saturated rings. The van der Waals surface area contributed by atoms with Crippen molar-refractivity contribution in [3.8, 4) is 0 Å². The van der Waals surface area contributed by atoms with Gasteiger partial charge in [-0.3, -0.25) is 14.3 Å². The van der Waals surface area contributed by atoms with Gasteiger partial charge in [0, 0.05) is 35.1 Å². The van der Waals surface area contributed by atoms with Crippen LogP contribution in [0.4, 0.5) is 0 Å². The largest absolute Gasteiger partial charge is 0.480 e. The number of pyridine rings is 1. The smallest absolute Gasteiger partial charge is 0.332 e. The number of benzene rings is 1. The third-order valence-electron chi connectivity index (χ3n) is 6.13. The Morgan fingerprint density at radius 1 is 1.22 bits per heavy atom. The lowest BCUT2D eigenvalue weighted by molar-refractivity contribution is -0.141. The lowest BCUT2D eigenvalue weighted by atomic mass is 10.0. The van der Waals surface area contributed by atoms with E-state index < -0.39 is 29.3 Å². The molecule has 0 amide bonds. The van der Waals surface area contributed by atoms with Crippen LogP contribution in [0, 0.1) is 6.92 Å². The van der Waals surface area contributed by atoms with Gasteiger partial charge in [0.2, 0.25) is 0 Å². The van der Waals surface area contributed by atoms with E-state index >= 15 is 0 Å². The topological polar surface area (TPSA) is 110 Å². The second-order valence-electron chi connectivity index (χ2n) is 8.13. The molecule has 0 saturated heterocycles. The van der Waals surface area contributed by atoms with Crippen molar-refractivity contribution in [2.45, 2.75) is 52.1 Å². The van der Waals surface area contributed by atoms with Gasteiger partial charge in [0.1, 0.15) is 6.04 Å². The molecule has 4 aromatic rings. The van der Waals surface area contributed by atoms with Gasteiger partial charge in [-0.05, 0) is 38.0 Å². The Morgan fingerprint density at radius 2 is 2.00 bits per heavy atom. The average Bonchev–Trinajstić information content (AvgIpc) is 3.21. The molecule has 0 aliphatic rings. The first-order chi connectivity index (χ1) is 15.4. The fourth-order valence-electron chi connectivity index (χ4n) is 4.47. The van der Waals surface area contributed by atoms with Gasteiger partial charge in [-0.1, -0.05) is 31.9 Å². The SMILES string of the molecule is CCCCC(C(=O)O)n1c(=O)c2cnccc2n(C(C)c2c[nH]c3cccc(C)c23)c1=O. The van der Waals surface area contributed by atoms with Crippen LogP contribution in [0.3, 0.4) is 0 Å². The number of carboxylic acid groups (broad SMARTS) is 1. The lowest BCUT2D eigenvalue weighted by Gasteiger charge is -2.22. The third-order valence-corrected chi connectivity index (χ3v) is 6.13. The number of aryl methyl sites for hydroxylation is 1. The number of hydrogen-bond acceptors (Lipinski definition) is 4. The average molecular weight is 434 g/mol. The Labute approximate surface area is 184 Å². The molecule has 3 aromatic heterocycles. The molecule has 3 heterocycles. The number of hydrogen-bond donors (Lipinski definition) is 2. The third kappa shape index (κ3) is 3.41. The van der Waals surface area contributed by atoms with Gasteiger partial charge in [0.15, 0.2) is 0 Å². The van der Waals surface area contributed by atoms with E-state index in [0.717, 1.165) is 33.0 Å². The molecule has 2 unspecified atom stereocenters. The molecule has 0 radical (unpaired) electrons. The number of aliphatic carboxylic acids is 1. The van der Waals surface area contributed by atoms with Crippen molar-refractivity contribution in [1.82, 2.24) is 19.1 Å². The molecular weight excluding hydrogens is 408 g/mol. The van der Waals surface area contributed by atoms with Crippen molar-refractivity contribution < 1.29 is 9.90 Å². The summed E-state index contributed by atoms with van der Waals surface area (Å²) in [6, 6.07) is 5.88. The highest BCUT2D eigenvalue weighted by molar-refractivity contribution is 5.87. The van der Waals surface area contributed by atoms with Crippen LogP contribution in [0.1, 0.15) is 56.3 Å². The second kappa shape index (κ2) is 8.45. The van der Waals surface area contributed by atoms with E-state index in [-0.39, 0.29) is 11.8 Å². The van der Waals surface area contributed by atoms with Gasteiger partial charge in [-0.15, -0.1) is 0 Å². The van der Waals surface area contributed by atoms with Gasteiger partial charge in [-0.2, -0.15) is 0 Å². The molecule has 0 spiro atoms. The number of rotatable bonds is 7. The number of nitrogens with one attached hydrogen (secondary N) is 1. The summed E-state index contributed by atoms with van der Waals surface area (Å²) in [4.78, 5) is 46.3. The van der Waals surface area contributed by atoms with Crippen LogP contribution in [0.5, 0.6) is 0 Å². The molecule has 166 valence electrons. The van der Waals surface area contributed by atoms with Crippen molar-refractivity contribution in [1.29, 1.82) is 0 Å². The van der Waals surface area contributed by atoms with Gasteiger partial charge in [0.25, 0.3) is 5.56 Å². The summed E-state index contributed by atoms with van der Waals surface area (Å²) in [6.45, 7) is 5.82. The standard InChI is InChI=1S/C24H26N4O4/c1-4-5-9-20(23(30)31)28-22(29)17-12-25-11-10-19(17)27(24(28)32)15(3)16-13-26-18-8-6-7-14(2)21(16)18/h6-8,10-13,15,20,26H,4-5,9H2,1-3H3,(H,30,31). The van der Waals surface area contributed by atoms with E-state index in [1.807, 2.05) is 45.2 Å². The summed E-state index contributed by atoms with van der Waals surface area (Å²) < 4.78 is 2.40. The van der Waals surface area contributed by atoms with Crippen molar-refractivity contribution in [2.24, 2.45) is 0 Å². The quantitative estimate of drug-likeness (QED) is 0.460. The van der Waals surface area contributed by atoms with Crippen LogP contribution in [0.15, 0.2) is 52.4 Å². The van der Waals surface area contributed by atoms with Crippen LogP contribution < -0.4 is 11.2 Å². The minimum absolute atomic E-state index is 0.202. The van der Waals surface area contributed by atoms with E-state index in [2.05, 4.69) is 9.97 Å². The first kappa shape index (κ1) is 21.5. The maximum absolute atomic E-state index is 13.7. The number of unbranched alkanes of at least 4 members (excludes halogenated alkanes) is 1. The van der Waals surface area contributed by atoms with Gasteiger partial charge < -0.3 is 10.1 Å². The highest BCUT2D eigenvalue weighted by Crippen LogP contribution is 2.30. The van der Waals surface area contributed by atoms with Crippen LogP contribution in [-0.2, 0) is 4.79 Å². The Kier molecular flexibility index (Phi) is 5.69. The predicted octanol–water partition coefficient (Wildman–Crippen LogP) is 3.77. The number of nitrogens with zero attached hydrogens (tertiary/aromatic N) is 3. The molecule has 0 aliphatic heterocycles. The zero-order valence-electron chi connectivity index (χ0n) is 18.3. The Morgan fingerprint density at radius 3 is 2.72 bits per heavy atom. The van der Waals surface area contributed by atoms with E-state index in [1.54, 1.807) is 6.07 Å². The van der Waals surface area contributed by atoms with Crippen LogP contribution in [-0.4, -0.2) is 30.2 Å². The molecule has 8 heteroatoms. The van der Waals surface area contributed by atoms with Gasteiger partial charge in [0.05, 0.1) is 16.9 Å². The summed E-state index contributed by atoms with van der Waals surface area (Å²) in [5, 5.41) is 11.1. The Bertz CT molecular complexity index is 1430. The highest BCUT2D eigenvalue weighted by Gasteiger charge is 2.28. The Balaban J connectivity index is 2.04. The van der Waals surface area contributed by atoms with Gasteiger partial charge >= 0.3 is 11.7 Å². The minimum Gasteiger partial charge on any atom is -0.480 e. The first-order valence-electron chi connectivity index (χ1n) is 10.8. The fraction of sp³-hybridized carbons (Fsp3) is 0.333. The second-order valence-corrected chi connectivity index (χ2v) is 8.13. The number of aromatic amines is 1. The number of carbonyl (C=O) groups is 1. The van der Waals surface area contributed by atoms with Crippen molar-refractivity contribution in [2.75, 3.05) is 0 Å². The zero-order chi connectivity index (χ0) is 23.0. The molecule has 32 heavy (non-hydrogen) atoms.